The van der Waals surface area contributed by atoms with Gasteiger partial charge in [0.25, 0.3) is 10.0 Å². The lowest BCUT2D eigenvalue weighted by molar-refractivity contribution is 0.586. The zero-order valence-electron chi connectivity index (χ0n) is 11.2. The van der Waals surface area contributed by atoms with Crippen LogP contribution in [-0.2, 0) is 16.4 Å². The largest absolute Gasteiger partial charge is 0.382 e. The second kappa shape index (κ2) is 5.20. The van der Waals surface area contributed by atoms with Crippen molar-refractivity contribution in [1.29, 1.82) is 0 Å². The molecule has 0 saturated carbocycles. The number of hydrogen-bond donors (Lipinski definition) is 1. The first kappa shape index (κ1) is 14.2. The number of nitrogens with zero attached hydrogens (tertiary/aromatic N) is 2. The third kappa shape index (κ3) is 2.45. The van der Waals surface area contributed by atoms with E-state index < -0.39 is 10.0 Å². The van der Waals surface area contributed by atoms with Crippen LogP contribution in [0.25, 0.3) is 0 Å². The Kier molecular flexibility index (Phi) is 3.51. The Balaban J connectivity index is 2.09. The number of aryl methyl sites for hydroxylation is 1. The molecule has 110 valence electrons. The Hall–Kier alpha value is -1.79. The van der Waals surface area contributed by atoms with E-state index in [0.717, 1.165) is 24.1 Å². The van der Waals surface area contributed by atoms with Gasteiger partial charge in [-0.05, 0) is 30.5 Å². The van der Waals surface area contributed by atoms with Crippen molar-refractivity contribution < 1.29 is 8.42 Å². The third-order valence-electron chi connectivity index (χ3n) is 3.50. The van der Waals surface area contributed by atoms with Crippen LogP contribution in [-0.4, -0.2) is 19.9 Å². The molecule has 0 aliphatic carbocycles. The predicted molar refractivity (Wildman–Crippen MR) is 83.0 cm³/mol. The van der Waals surface area contributed by atoms with Crippen molar-refractivity contribution in [2.45, 2.75) is 17.7 Å². The molecule has 0 unspecified atom stereocenters. The van der Waals surface area contributed by atoms with Gasteiger partial charge in [-0.3, -0.25) is 4.31 Å². The van der Waals surface area contributed by atoms with E-state index in [9.17, 15) is 8.42 Å². The summed E-state index contributed by atoms with van der Waals surface area (Å²) >= 11 is 5.89. The molecule has 0 bridgehead atoms. The molecule has 0 spiro atoms. The van der Waals surface area contributed by atoms with Gasteiger partial charge in [0.05, 0.1) is 10.7 Å². The minimum atomic E-state index is -3.68. The minimum Gasteiger partial charge on any atom is -0.382 e. The second-order valence-electron chi connectivity index (χ2n) is 4.85. The van der Waals surface area contributed by atoms with Crippen LogP contribution < -0.4 is 10.0 Å². The predicted octanol–water partition coefficient (Wildman–Crippen LogP) is 2.46. The molecule has 2 heterocycles. The van der Waals surface area contributed by atoms with Crippen molar-refractivity contribution in [3.05, 3.63) is 47.1 Å². The zero-order chi connectivity index (χ0) is 15.0. The van der Waals surface area contributed by atoms with Gasteiger partial charge in [-0.1, -0.05) is 29.8 Å². The highest BCUT2D eigenvalue weighted by molar-refractivity contribution is 7.92. The standard InChI is InChI=1S/C14H14ClN3O2S/c15-12-8-11(9-17-14(12)16)21(19,20)18-7-3-5-10-4-1-2-6-13(10)18/h1-2,4,6,8-9H,3,5,7H2,(H2,16,17). The first-order chi connectivity index (χ1) is 10.00. The van der Waals surface area contributed by atoms with Gasteiger partial charge < -0.3 is 5.73 Å². The fourth-order valence-corrected chi connectivity index (χ4v) is 4.19. The van der Waals surface area contributed by atoms with Crippen molar-refractivity contribution >= 4 is 33.1 Å². The van der Waals surface area contributed by atoms with Gasteiger partial charge in [-0.2, -0.15) is 0 Å². The van der Waals surface area contributed by atoms with E-state index in [2.05, 4.69) is 4.98 Å². The van der Waals surface area contributed by atoms with E-state index in [1.54, 1.807) is 0 Å². The Labute approximate surface area is 128 Å². The number of rotatable bonds is 2. The highest BCUT2D eigenvalue weighted by Gasteiger charge is 2.29. The fraction of sp³-hybridized carbons (Fsp3) is 0.214. The molecule has 1 aromatic carbocycles. The number of anilines is 2. The average molecular weight is 324 g/mol. The summed E-state index contributed by atoms with van der Waals surface area (Å²) in [5.74, 6) is 0.120. The number of fused-ring (bicyclic) bond motifs is 1. The molecule has 5 nitrogen and oxygen atoms in total. The Morgan fingerprint density at radius 3 is 2.81 bits per heavy atom. The Bertz CT molecular complexity index is 793. The van der Waals surface area contributed by atoms with Gasteiger partial charge in [-0.15, -0.1) is 0 Å². The van der Waals surface area contributed by atoms with Crippen molar-refractivity contribution in [3.8, 4) is 0 Å². The number of aromatic nitrogens is 1. The maximum absolute atomic E-state index is 12.8. The van der Waals surface area contributed by atoms with E-state index in [1.165, 1.54) is 16.6 Å². The normalized spacial score (nSPS) is 14.8. The zero-order valence-corrected chi connectivity index (χ0v) is 12.7. The summed E-state index contributed by atoms with van der Waals surface area (Å²) in [6.07, 6.45) is 2.91. The van der Waals surface area contributed by atoms with Crippen LogP contribution in [0.3, 0.4) is 0 Å². The molecule has 1 aliphatic rings. The second-order valence-corrected chi connectivity index (χ2v) is 7.12. The SMILES string of the molecule is Nc1ncc(S(=O)(=O)N2CCCc3ccccc32)cc1Cl. The summed E-state index contributed by atoms with van der Waals surface area (Å²) in [6, 6.07) is 8.86. The molecular formula is C14H14ClN3O2S. The van der Waals surface area contributed by atoms with Crippen LogP contribution in [0, 0.1) is 0 Å². The lowest BCUT2D eigenvalue weighted by atomic mass is 10.0. The monoisotopic (exact) mass is 323 g/mol. The van der Waals surface area contributed by atoms with E-state index in [1.807, 2.05) is 24.3 Å². The number of halogens is 1. The molecule has 1 aromatic heterocycles. The molecule has 1 aliphatic heterocycles. The molecular weight excluding hydrogens is 310 g/mol. The van der Waals surface area contributed by atoms with E-state index in [4.69, 9.17) is 17.3 Å². The molecule has 7 heteroatoms. The molecule has 0 saturated heterocycles. The van der Waals surface area contributed by atoms with Crippen LogP contribution >= 0.6 is 11.6 Å². The number of para-hydroxylation sites is 1. The van der Waals surface area contributed by atoms with E-state index in [-0.39, 0.29) is 15.7 Å². The summed E-state index contributed by atoms with van der Waals surface area (Å²) in [7, 11) is -3.68. The maximum atomic E-state index is 12.8. The smallest absolute Gasteiger partial charge is 0.265 e. The lowest BCUT2D eigenvalue weighted by Gasteiger charge is -2.30. The third-order valence-corrected chi connectivity index (χ3v) is 5.58. The lowest BCUT2D eigenvalue weighted by Crippen LogP contribution is -2.35. The van der Waals surface area contributed by atoms with Crippen molar-refractivity contribution in [2.75, 3.05) is 16.6 Å². The van der Waals surface area contributed by atoms with Crippen LogP contribution in [0.15, 0.2) is 41.4 Å². The Morgan fingerprint density at radius 1 is 1.29 bits per heavy atom. The quantitative estimate of drug-likeness (QED) is 0.921. The van der Waals surface area contributed by atoms with E-state index >= 15 is 0 Å². The molecule has 0 atom stereocenters. The van der Waals surface area contributed by atoms with Crippen LogP contribution in [0.2, 0.25) is 5.02 Å². The van der Waals surface area contributed by atoms with Crippen LogP contribution in [0.5, 0.6) is 0 Å². The van der Waals surface area contributed by atoms with Crippen LogP contribution in [0.4, 0.5) is 11.5 Å². The summed E-state index contributed by atoms with van der Waals surface area (Å²) in [5, 5.41) is 0.140. The topological polar surface area (TPSA) is 76.3 Å². The van der Waals surface area contributed by atoms with Gasteiger partial charge >= 0.3 is 0 Å². The number of nitrogens with two attached hydrogens (primary N) is 1. The molecule has 2 aromatic rings. The molecule has 0 fully saturated rings. The first-order valence-electron chi connectivity index (χ1n) is 6.52. The maximum Gasteiger partial charge on any atom is 0.265 e. The van der Waals surface area contributed by atoms with Gasteiger partial charge in [0.15, 0.2) is 0 Å². The summed E-state index contributed by atoms with van der Waals surface area (Å²) in [5.41, 5.74) is 7.28. The molecule has 21 heavy (non-hydrogen) atoms. The highest BCUT2D eigenvalue weighted by atomic mass is 35.5. The minimum absolute atomic E-state index is 0.0541. The summed E-state index contributed by atoms with van der Waals surface area (Å²) in [6.45, 7) is 0.446. The summed E-state index contributed by atoms with van der Waals surface area (Å²) < 4.78 is 27.0. The highest BCUT2D eigenvalue weighted by Crippen LogP contribution is 2.32. The molecule has 0 radical (unpaired) electrons. The molecule has 2 N–H and O–H groups in total. The average Bonchev–Trinajstić information content (AvgIpc) is 2.49. The van der Waals surface area contributed by atoms with Crippen LogP contribution in [0.1, 0.15) is 12.0 Å². The summed E-state index contributed by atoms with van der Waals surface area (Å²) in [4.78, 5) is 3.89. The van der Waals surface area contributed by atoms with Gasteiger partial charge in [0, 0.05) is 12.7 Å². The van der Waals surface area contributed by atoms with Crippen molar-refractivity contribution in [3.63, 3.8) is 0 Å². The number of hydrogen-bond acceptors (Lipinski definition) is 4. The van der Waals surface area contributed by atoms with Gasteiger partial charge in [0.1, 0.15) is 10.7 Å². The Morgan fingerprint density at radius 2 is 2.05 bits per heavy atom. The van der Waals surface area contributed by atoms with Crippen molar-refractivity contribution in [2.24, 2.45) is 0 Å². The first-order valence-corrected chi connectivity index (χ1v) is 8.33. The van der Waals surface area contributed by atoms with Gasteiger partial charge in [0.2, 0.25) is 0 Å². The fourth-order valence-electron chi connectivity index (χ4n) is 2.45. The number of benzene rings is 1. The number of sulfonamides is 1. The van der Waals surface area contributed by atoms with Crippen molar-refractivity contribution in [1.82, 2.24) is 4.98 Å². The molecule has 3 rings (SSSR count). The molecule has 0 amide bonds. The van der Waals surface area contributed by atoms with Gasteiger partial charge in [-0.25, -0.2) is 13.4 Å². The number of nitrogen functional groups attached to an aromatic ring is 1. The number of pyridine rings is 1. The van der Waals surface area contributed by atoms with E-state index in [0.29, 0.717) is 6.54 Å².